The van der Waals surface area contributed by atoms with Gasteiger partial charge < -0.3 is 19.7 Å². The summed E-state index contributed by atoms with van der Waals surface area (Å²) >= 11 is 0. The number of halogens is 7. The van der Waals surface area contributed by atoms with Crippen molar-refractivity contribution in [3.8, 4) is 5.75 Å². The Morgan fingerprint density at radius 1 is 1.03 bits per heavy atom. The molecule has 3 aromatic rings. The summed E-state index contributed by atoms with van der Waals surface area (Å²) in [5, 5.41) is 13.1. The predicted octanol–water partition coefficient (Wildman–Crippen LogP) is 6.41. The van der Waals surface area contributed by atoms with E-state index in [1.165, 1.54) is 29.1 Å². The second-order valence-corrected chi connectivity index (χ2v) is 10.9. The molecule has 0 amide bonds. The van der Waals surface area contributed by atoms with Gasteiger partial charge in [0.15, 0.2) is 0 Å². The molecule has 1 aliphatic carbocycles. The van der Waals surface area contributed by atoms with Crippen molar-refractivity contribution in [2.45, 2.75) is 74.6 Å². The summed E-state index contributed by atoms with van der Waals surface area (Å²) in [5.41, 5.74) is -1.94. The highest BCUT2D eigenvalue weighted by atomic mass is 19.4. The molecule has 2 fully saturated rings. The number of imidazole rings is 1. The van der Waals surface area contributed by atoms with E-state index in [2.05, 4.69) is 10.3 Å². The number of piperidine rings is 1. The maximum absolute atomic E-state index is 14.1. The average Bonchev–Trinajstić information content (AvgIpc) is 3.27. The monoisotopic (exact) mass is 559 g/mol. The van der Waals surface area contributed by atoms with Crippen molar-refractivity contribution in [3.05, 3.63) is 59.4 Å². The highest BCUT2D eigenvalue weighted by molar-refractivity contribution is 5.82. The van der Waals surface area contributed by atoms with Gasteiger partial charge in [-0.2, -0.15) is 26.3 Å². The number of rotatable bonds is 6. The molecule has 5 nitrogen and oxygen atoms in total. The summed E-state index contributed by atoms with van der Waals surface area (Å²) in [7, 11) is 0. The maximum Gasteiger partial charge on any atom is 0.418 e. The van der Waals surface area contributed by atoms with E-state index in [4.69, 9.17) is 4.74 Å². The van der Waals surface area contributed by atoms with E-state index in [-0.39, 0.29) is 35.3 Å². The summed E-state index contributed by atoms with van der Waals surface area (Å²) < 4.78 is 102. The number of fused-ring (bicyclic) bond motifs is 1. The van der Waals surface area contributed by atoms with E-state index in [9.17, 15) is 35.8 Å². The quantitative estimate of drug-likeness (QED) is 0.343. The SMILES string of the molecule is CC1(O)CC(n2cnc3cc(OC[C@@H]4C[C@H](c5ccc(C(F)(F)F)cc5)C[C@H](CF)N4)cc(C(F)(F)F)c32)C1. The maximum atomic E-state index is 14.1. The Morgan fingerprint density at radius 3 is 2.28 bits per heavy atom. The molecule has 2 heterocycles. The number of ether oxygens (including phenoxy) is 1. The lowest BCUT2D eigenvalue weighted by Crippen LogP contribution is -2.48. The van der Waals surface area contributed by atoms with Gasteiger partial charge in [0.05, 0.1) is 34.1 Å². The smallest absolute Gasteiger partial charge is 0.418 e. The molecular weight excluding hydrogens is 531 g/mol. The van der Waals surface area contributed by atoms with Gasteiger partial charge >= 0.3 is 12.4 Å². The van der Waals surface area contributed by atoms with Crippen molar-refractivity contribution >= 4 is 11.0 Å². The molecule has 5 rings (SSSR count). The van der Waals surface area contributed by atoms with E-state index >= 15 is 0 Å². The Hall–Kier alpha value is -2.86. The fraction of sp³-hybridized carbons (Fsp3) is 0.519. The van der Waals surface area contributed by atoms with Crippen molar-refractivity contribution in [2.75, 3.05) is 13.3 Å². The highest BCUT2D eigenvalue weighted by Gasteiger charge is 2.42. The standard InChI is InChI=1S/C27H28F7N3O2/c1-25(38)10-20(11-25)37-14-35-23-9-21(8-22(24(23)37)27(32,33)34)39-13-19-7-16(6-18(12-28)36-19)15-2-4-17(5-3-15)26(29,30)31/h2-5,8-9,14,16,18-20,36,38H,6-7,10-13H2,1H3/t16-,18-,19+,20?,25?/m1/s1. The molecule has 2 aromatic carbocycles. The average molecular weight is 560 g/mol. The Kier molecular flexibility index (Phi) is 7.07. The molecule has 3 atom stereocenters. The van der Waals surface area contributed by atoms with Crippen LogP contribution in [-0.2, 0) is 12.4 Å². The number of benzene rings is 2. The van der Waals surface area contributed by atoms with Crippen molar-refractivity contribution in [2.24, 2.45) is 0 Å². The van der Waals surface area contributed by atoms with Crippen molar-refractivity contribution in [3.63, 3.8) is 0 Å². The minimum absolute atomic E-state index is 0.0454. The molecule has 1 aromatic heterocycles. The molecule has 1 saturated carbocycles. The van der Waals surface area contributed by atoms with Crippen LogP contribution in [-0.4, -0.2) is 45.6 Å². The van der Waals surface area contributed by atoms with Gasteiger partial charge in [-0.25, -0.2) is 9.37 Å². The van der Waals surface area contributed by atoms with Gasteiger partial charge in [-0.15, -0.1) is 0 Å². The summed E-state index contributed by atoms with van der Waals surface area (Å²) in [6.07, 6.45) is -6.40. The second kappa shape index (κ2) is 9.96. The van der Waals surface area contributed by atoms with E-state index in [1.807, 2.05) is 0 Å². The van der Waals surface area contributed by atoms with Crippen LogP contribution in [0, 0.1) is 0 Å². The number of nitrogens with zero attached hydrogens (tertiary/aromatic N) is 2. The van der Waals surface area contributed by atoms with Crippen LogP contribution in [0.25, 0.3) is 11.0 Å². The number of hydrogen-bond acceptors (Lipinski definition) is 4. The van der Waals surface area contributed by atoms with E-state index in [0.717, 1.165) is 18.2 Å². The first kappa shape index (κ1) is 27.7. The molecule has 2 aliphatic rings. The molecular formula is C27H28F7N3O2. The number of hydrogen-bond donors (Lipinski definition) is 2. The van der Waals surface area contributed by atoms with Crippen molar-refractivity contribution in [1.29, 1.82) is 0 Å². The minimum atomic E-state index is -4.68. The lowest BCUT2D eigenvalue weighted by atomic mass is 9.77. The van der Waals surface area contributed by atoms with Crippen LogP contribution in [0.15, 0.2) is 42.7 Å². The molecule has 1 saturated heterocycles. The predicted molar refractivity (Wildman–Crippen MR) is 129 cm³/mol. The Labute approximate surface area is 220 Å². The van der Waals surface area contributed by atoms with Crippen molar-refractivity contribution < 1.29 is 40.6 Å². The third kappa shape index (κ3) is 5.86. The first-order chi connectivity index (χ1) is 18.2. The first-order valence-electron chi connectivity index (χ1n) is 12.7. The Morgan fingerprint density at radius 2 is 1.69 bits per heavy atom. The van der Waals surface area contributed by atoms with Gasteiger partial charge in [-0.1, -0.05) is 12.1 Å². The molecule has 2 N–H and O–H groups in total. The van der Waals surface area contributed by atoms with Crippen molar-refractivity contribution in [1.82, 2.24) is 14.9 Å². The second-order valence-electron chi connectivity index (χ2n) is 10.9. The number of alkyl halides is 7. The number of aromatic nitrogens is 2. The molecule has 12 heteroatoms. The minimum Gasteiger partial charge on any atom is -0.492 e. The zero-order chi connectivity index (χ0) is 28.2. The lowest BCUT2D eigenvalue weighted by Gasteiger charge is -2.41. The van der Waals surface area contributed by atoms with Crippen LogP contribution in [0.1, 0.15) is 61.3 Å². The Balaban J connectivity index is 1.34. The molecule has 0 spiro atoms. The lowest BCUT2D eigenvalue weighted by molar-refractivity contribution is -0.138. The fourth-order valence-corrected chi connectivity index (χ4v) is 5.76. The van der Waals surface area contributed by atoms with Crippen LogP contribution in [0.5, 0.6) is 5.75 Å². The van der Waals surface area contributed by atoms with E-state index in [1.54, 1.807) is 6.92 Å². The van der Waals surface area contributed by atoms with E-state index < -0.39 is 47.8 Å². The van der Waals surface area contributed by atoms with E-state index in [0.29, 0.717) is 31.2 Å². The third-order valence-corrected chi connectivity index (χ3v) is 7.65. The molecule has 1 aliphatic heterocycles. The van der Waals surface area contributed by atoms with Gasteiger partial charge in [-0.3, -0.25) is 0 Å². The molecule has 39 heavy (non-hydrogen) atoms. The third-order valence-electron chi connectivity index (χ3n) is 7.65. The largest absolute Gasteiger partial charge is 0.492 e. The van der Waals surface area contributed by atoms with Gasteiger partial charge in [0.2, 0.25) is 0 Å². The molecule has 0 bridgehead atoms. The molecule has 0 unspecified atom stereocenters. The van der Waals surface area contributed by atoms with Gasteiger partial charge in [0.1, 0.15) is 19.0 Å². The van der Waals surface area contributed by atoms with Crippen LogP contribution in [0.2, 0.25) is 0 Å². The van der Waals surface area contributed by atoms with Gasteiger partial charge in [0.25, 0.3) is 0 Å². The summed E-state index contributed by atoms with van der Waals surface area (Å²) in [5.74, 6) is -0.289. The summed E-state index contributed by atoms with van der Waals surface area (Å²) in [4.78, 5) is 4.16. The number of aliphatic hydroxyl groups is 1. The van der Waals surface area contributed by atoms with Crippen LogP contribution < -0.4 is 10.1 Å². The number of nitrogens with one attached hydrogen (secondary N) is 1. The Bertz CT molecular complexity index is 1310. The molecule has 0 radical (unpaired) electrons. The van der Waals surface area contributed by atoms with Crippen LogP contribution in [0.3, 0.4) is 0 Å². The van der Waals surface area contributed by atoms with Gasteiger partial charge in [0, 0.05) is 24.2 Å². The van der Waals surface area contributed by atoms with Crippen LogP contribution in [0.4, 0.5) is 30.7 Å². The highest BCUT2D eigenvalue weighted by Crippen LogP contribution is 2.45. The summed E-state index contributed by atoms with van der Waals surface area (Å²) in [6, 6.07) is 5.77. The normalized spacial score (nSPS) is 27.9. The fourth-order valence-electron chi connectivity index (χ4n) is 5.76. The topological polar surface area (TPSA) is 59.3 Å². The molecule has 212 valence electrons. The first-order valence-corrected chi connectivity index (χ1v) is 12.7. The summed E-state index contributed by atoms with van der Waals surface area (Å²) in [6.45, 7) is 0.861. The zero-order valence-corrected chi connectivity index (χ0v) is 21.0. The van der Waals surface area contributed by atoms with Gasteiger partial charge in [-0.05, 0) is 62.3 Å². The zero-order valence-electron chi connectivity index (χ0n) is 21.0. The van der Waals surface area contributed by atoms with Crippen LogP contribution >= 0.6 is 0 Å².